The first kappa shape index (κ1) is 14.2. The quantitative estimate of drug-likeness (QED) is 0.854. The number of nitrogen functional groups attached to an aromatic ring is 1. The van der Waals surface area contributed by atoms with E-state index in [-0.39, 0.29) is 16.0 Å². The Balaban J connectivity index is 1.95. The highest BCUT2D eigenvalue weighted by Gasteiger charge is 2.42. The van der Waals surface area contributed by atoms with E-state index in [0.717, 1.165) is 25.7 Å². The van der Waals surface area contributed by atoms with E-state index in [1.807, 2.05) is 0 Å². The molecule has 20 heavy (non-hydrogen) atoms. The number of fused-ring (bicyclic) bond motifs is 1. The molecular formula is C14H19ClN2O2S. The SMILES string of the molecule is Nc1ccc(S(=O)(=O)N2CCC3CCCCC32)c(Cl)c1. The standard InChI is InChI=1S/C14H19ClN2O2S/c15-12-9-11(16)5-6-14(12)20(18,19)17-8-7-10-3-1-2-4-13(10)17/h5-6,9-10,13H,1-4,7-8,16H2. The summed E-state index contributed by atoms with van der Waals surface area (Å²) in [4.78, 5) is 0.180. The molecule has 4 nitrogen and oxygen atoms in total. The summed E-state index contributed by atoms with van der Waals surface area (Å²) in [7, 11) is -3.51. The molecule has 2 atom stereocenters. The number of nitrogens with two attached hydrogens (primary N) is 1. The third-order valence-electron chi connectivity index (χ3n) is 4.50. The molecule has 1 heterocycles. The predicted octanol–water partition coefficient (Wildman–Crippen LogP) is 2.88. The maximum absolute atomic E-state index is 12.8. The fourth-order valence-corrected chi connectivity index (χ4v) is 5.77. The number of nitrogens with zero attached hydrogens (tertiary/aromatic N) is 1. The van der Waals surface area contributed by atoms with Crippen molar-refractivity contribution in [2.45, 2.75) is 43.0 Å². The second-order valence-electron chi connectivity index (χ2n) is 5.71. The summed E-state index contributed by atoms with van der Waals surface area (Å²) < 4.78 is 27.3. The van der Waals surface area contributed by atoms with Crippen LogP contribution in [-0.2, 0) is 10.0 Å². The first-order valence-corrected chi connectivity index (χ1v) is 8.89. The maximum atomic E-state index is 12.8. The van der Waals surface area contributed by atoms with Crippen LogP contribution in [0.25, 0.3) is 0 Å². The minimum Gasteiger partial charge on any atom is -0.399 e. The Morgan fingerprint density at radius 1 is 1.20 bits per heavy atom. The van der Waals surface area contributed by atoms with Gasteiger partial charge in [0.2, 0.25) is 10.0 Å². The van der Waals surface area contributed by atoms with Gasteiger partial charge in [-0.2, -0.15) is 4.31 Å². The van der Waals surface area contributed by atoms with Gasteiger partial charge in [0.05, 0.1) is 5.02 Å². The topological polar surface area (TPSA) is 63.4 Å². The van der Waals surface area contributed by atoms with Crippen LogP contribution >= 0.6 is 11.6 Å². The molecule has 2 unspecified atom stereocenters. The maximum Gasteiger partial charge on any atom is 0.244 e. The van der Waals surface area contributed by atoms with Crippen LogP contribution in [0, 0.1) is 5.92 Å². The summed E-state index contributed by atoms with van der Waals surface area (Å²) in [5, 5.41) is 0.212. The Hall–Kier alpha value is -0.780. The lowest BCUT2D eigenvalue weighted by atomic mass is 9.86. The molecule has 0 radical (unpaired) electrons. The Bertz CT molecular complexity index is 618. The van der Waals surface area contributed by atoms with Gasteiger partial charge in [0, 0.05) is 18.3 Å². The van der Waals surface area contributed by atoms with Crippen LogP contribution in [0.2, 0.25) is 5.02 Å². The number of hydrogen-bond donors (Lipinski definition) is 1. The van der Waals surface area contributed by atoms with Crippen molar-refractivity contribution in [3.8, 4) is 0 Å². The van der Waals surface area contributed by atoms with Crippen LogP contribution < -0.4 is 5.73 Å². The lowest BCUT2D eigenvalue weighted by Gasteiger charge is -2.31. The molecule has 2 N–H and O–H groups in total. The van der Waals surface area contributed by atoms with Gasteiger partial charge in [-0.3, -0.25) is 0 Å². The van der Waals surface area contributed by atoms with Crippen LogP contribution in [0.3, 0.4) is 0 Å². The van der Waals surface area contributed by atoms with Gasteiger partial charge in [0.15, 0.2) is 0 Å². The van der Waals surface area contributed by atoms with E-state index in [1.165, 1.54) is 18.6 Å². The molecule has 2 aliphatic rings. The molecule has 1 saturated heterocycles. The van der Waals surface area contributed by atoms with Crippen LogP contribution in [0.1, 0.15) is 32.1 Å². The Labute approximate surface area is 125 Å². The highest BCUT2D eigenvalue weighted by Crippen LogP contribution is 2.40. The van der Waals surface area contributed by atoms with E-state index in [1.54, 1.807) is 10.4 Å². The van der Waals surface area contributed by atoms with Crippen molar-refractivity contribution in [2.75, 3.05) is 12.3 Å². The van der Waals surface area contributed by atoms with Crippen LogP contribution in [-0.4, -0.2) is 25.3 Å². The molecule has 6 heteroatoms. The Morgan fingerprint density at radius 2 is 1.95 bits per heavy atom. The lowest BCUT2D eigenvalue weighted by Crippen LogP contribution is -2.39. The van der Waals surface area contributed by atoms with E-state index >= 15 is 0 Å². The number of hydrogen-bond acceptors (Lipinski definition) is 3. The van der Waals surface area contributed by atoms with Crippen molar-refractivity contribution >= 4 is 27.3 Å². The molecular weight excluding hydrogens is 296 g/mol. The molecule has 3 rings (SSSR count). The largest absolute Gasteiger partial charge is 0.399 e. The molecule has 0 spiro atoms. The van der Waals surface area contributed by atoms with Crippen molar-refractivity contribution in [1.82, 2.24) is 4.31 Å². The predicted molar refractivity (Wildman–Crippen MR) is 80.1 cm³/mol. The first-order chi connectivity index (χ1) is 9.50. The molecule has 0 aromatic heterocycles. The molecule has 1 aromatic carbocycles. The number of sulfonamides is 1. The van der Waals surface area contributed by atoms with Gasteiger partial charge in [-0.05, 0) is 43.4 Å². The molecule has 1 aromatic rings. The zero-order chi connectivity index (χ0) is 14.3. The smallest absolute Gasteiger partial charge is 0.244 e. The molecule has 1 saturated carbocycles. The first-order valence-electron chi connectivity index (χ1n) is 7.07. The molecule has 0 amide bonds. The summed E-state index contributed by atoms with van der Waals surface area (Å²) in [6.07, 6.45) is 5.42. The summed E-state index contributed by atoms with van der Waals surface area (Å²) in [6.45, 7) is 0.609. The number of halogens is 1. The molecule has 2 fully saturated rings. The van der Waals surface area contributed by atoms with Crippen LogP contribution in [0.5, 0.6) is 0 Å². The average molecular weight is 315 g/mol. The van der Waals surface area contributed by atoms with E-state index in [9.17, 15) is 8.42 Å². The highest BCUT2D eigenvalue weighted by molar-refractivity contribution is 7.89. The number of rotatable bonds is 2. The minimum atomic E-state index is -3.51. The van der Waals surface area contributed by atoms with Gasteiger partial charge < -0.3 is 5.73 Å². The second-order valence-corrected chi connectivity index (χ2v) is 7.97. The van der Waals surface area contributed by atoms with Crippen molar-refractivity contribution < 1.29 is 8.42 Å². The average Bonchev–Trinajstić information content (AvgIpc) is 2.82. The monoisotopic (exact) mass is 314 g/mol. The Morgan fingerprint density at radius 3 is 2.70 bits per heavy atom. The second kappa shape index (κ2) is 5.20. The molecule has 110 valence electrons. The van der Waals surface area contributed by atoms with E-state index in [2.05, 4.69) is 0 Å². The molecule has 1 aliphatic carbocycles. The van der Waals surface area contributed by atoms with Crippen molar-refractivity contribution in [1.29, 1.82) is 0 Å². The lowest BCUT2D eigenvalue weighted by molar-refractivity contribution is 0.260. The van der Waals surface area contributed by atoms with E-state index in [0.29, 0.717) is 18.2 Å². The van der Waals surface area contributed by atoms with E-state index < -0.39 is 10.0 Å². The minimum absolute atomic E-state index is 0.155. The van der Waals surface area contributed by atoms with Gasteiger partial charge in [-0.15, -0.1) is 0 Å². The Kier molecular flexibility index (Phi) is 3.69. The van der Waals surface area contributed by atoms with Crippen LogP contribution in [0.4, 0.5) is 5.69 Å². The zero-order valence-electron chi connectivity index (χ0n) is 11.3. The van der Waals surface area contributed by atoms with Crippen molar-refractivity contribution in [3.63, 3.8) is 0 Å². The van der Waals surface area contributed by atoms with Crippen molar-refractivity contribution in [3.05, 3.63) is 23.2 Å². The summed E-state index contributed by atoms with van der Waals surface area (Å²) in [5.74, 6) is 0.520. The number of anilines is 1. The van der Waals surface area contributed by atoms with Gasteiger partial charge >= 0.3 is 0 Å². The summed E-state index contributed by atoms with van der Waals surface area (Å²) in [6, 6.07) is 4.77. The normalized spacial score (nSPS) is 27.4. The molecule has 0 bridgehead atoms. The third kappa shape index (κ3) is 2.32. The molecule has 1 aliphatic heterocycles. The fourth-order valence-electron chi connectivity index (χ4n) is 3.51. The zero-order valence-corrected chi connectivity index (χ0v) is 12.8. The van der Waals surface area contributed by atoms with Crippen LogP contribution in [0.15, 0.2) is 23.1 Å². The van der Waals surface area contributed by atoms with Crippen molar-refractivity contribution in [2.24, 2.45) is 5.92 Å². The summed E-state index contributed by atoms with van der Waals surface area (Å²) >= 11 is 6.08. The van der Waals surface area contributed by atoms with Gasteiger partial charge in [0.25, 0.3) is 0 Å². The fraction of sp³-hybridized carbons (Fsp3) is 0.571. The number of benzene rings is 1. The third-order valence-corrected chi connectivity index (χ3v) is 6.91. The summed E-state index contributed by atoms with van der Waals surface area (Å²) in [5.41, 5.74) is 6.12. The highest BCUT2D eigenvalue weighted by atomic mass is 35.5. The van der Waals surface area contributed by atoms with Gasteiger partial charge in [-0.1, -0.05) is 24.4 Å². The van der Waals surface area contributed by atoms with E-state index in [4.69, 9.17) is 17.3 Å². The van der Waals surface area contributed by atoms with Gasteiger partial charge in [-0.25, -0.2) is 8.42 Å². The van der Waals surface area contributed by atoms with Gasteiger partial charge in [0.1, 0.15) is 4.90 Å².